The molecule has 1 unspecified atom stereocenters. The van der Waals surface area contributed by atoms with Gasteiger partial charge in [0.1, 0.15) is 10.3 Å². The molecule has 1 aromatic heterocycles. The minimum atomic E-state index is -3.90. The monoisotopic (exact) mass is 362 g/mol. The van der Waals surface area contributed by atoms with Gasteiger partial charge in [-0.3, -0.25) is 0 Å². The van der Waals surface area contributed by atoms with Crippen molar-refractivity contribution < 1.29 is 35.8 Å². The zero-order chi connectivity index (χ0) is 17.1. The Hall–Kier alpha value is -0.870. The van der Waals surface area contributed by atoms with Gasteiger partial charge in [-0.25, -0.2) is 26.0 Å². The average molecular weight is 362 g/mol. The molecule has 2 atom stereocenters. The number of aliphatic hydroxyl groups is 1. The predicted octanol–water partition coefficient (Wildman–Crippen LogP) is 2.80. The van der Waals surface area contributed by atoms with E-state index in [4.69, 9.17) is 4.74 Å². The molecule has 0 spiro atoms. The van der Waals surface area contributed by atoms with Crippen molar-refractivity contribution >= 4 is 21.2 Å². The van der Waals surface area contributed by atoms with Crippen LogP contribution in [0.1, 0.15) is 31.1 Å². The Morgan fingerprint density at radius 2 is 2.00 bits per heavy atom. The molecule has 2 rings (SSSR count). The highest BCUT2D eigenvalue weighted by atomic mass is 32.2. The summed E-state index contributed by atoms with van der Waals surface area (Å²) in [5.74, 6) is -6.80. The van der Waals surface area contributed by atoms with Crippen LogP contribution in [0.4, 0.5) is 17.6 Å². The Kier molecular flexibility index (Phi) is 4.03. The van der Waals surface area contributed by atoms with Crippen molar-refractivity contribution in [1.29, 1.82) is 0 Å². The van der Waals surface area contributed by atoms with E-state index < -0.39 is 50.1 Å². The van der Waals surface area contributed by atoms with Crippen molar-refractivity contribution in [2.24, 2.45) is 0 Å². The third-order valence-electron chi connectivity index (χ3n) is 3.40. The van der Waals surface area contributed by atoms with Crippen LogP contribution in [-0.4, -0.2) is 37.7 Å². The molecule has 0 bridgehead atoms. The van der Waals surface area contributed by atoms with Gasteiger partial charge in [-0.1, -0.05) is 11.3 Å². The van der Waals surface area contributed by atoms with Crippen molar-refractivity contribution in [2.45, 2.75) is 48.5 Å². The van der Waals surface area contributed by atoms with Gasteiger partial charge in [0.05, 0.1) is 0 Å². The van der Waals surface area contributed by atoms with Gasteiger partial charge in [-0.2, -0.15) is 0 Å². The summed E-state index contributed by atoms with van der Waals surface area (Å²) < 4.78 is 81.6. The molecule has 0 saturated carbocycles. The first-order valence-electron chi connectivity index (χ1n) is 6.21. The number of aliphatic hydroxyl groups excluding tert-OH is 1. The van der Waals surface area contributed by atoms with Crippen LogP contribution in [0, 0.1) is 0 Å². The summed E-state index contributed by atoms with van der Waals surface area (Å²) in [6, 6.07) is 0. The highest BCUT2D eigenvalue weighted by Gasteiger charge is 2.52. The quantitative estimate of drug-likeness (QED) is 0.837. The fraction of sp³-hybridized carbons (Fsp3) is 0.667. The zero-order valence-electron chi connectivity index (χ0n) is 11.9. The van der Waals surface area contributed by atoms with Gasteiger partial charge in [0.25, 0.3) is 11.8 Å². The number of fused-ring (bicyclic) bond motifs is 1. The molecule has 1 aliphatic carbocycles. The van der Waals surface area contributed by atoms with Crippen molar-refractivity contribution in [2.75, 3.05) is 6.26 Å². The molecule has 0 aliphatic heterocycles. The molecule has 0 saturated heterocycles. The number of halogens is 4. The second-order valence-electron chi connectivity index (χ2n) is 5.40. The summed E-state index contributed by atoms with van der Waals surface area (Å²) in [4.78, 5) is 0. The van der Waals surface area contributed by atoms with E-state index in [0.717, 1.165) is 13.2 Å². The maximum Gasteiger partial charge on any atom is 0.281 e. The van der Waals surface area contributed by atoms with Crippen LogP contribution >= 0.6 is 11.3 Å². The summed E-state index contributed by atoms with van der Waals surface area (Å²) >= 11 is 0.481. The van der Waals surface area contributed by atoms with Crippen LogP contribution in [-0.2, 0) is 16.3 Å². The lowest BCUT2D eigenvalue weighted by Gasteiger charge is -2.20. The van der Waals surface area contributed by atoms with E-state index in [1.807, 2.05) is 0 Å². The molecule has 0 fully saturated rings. The number of sulfone groups is 1. The molecule has 0 aromatic carbocycles. The summed E-state index contributed by atoms with van der Waals surface area (Å²) in [5, 5.41) is 9.33. The number of hydrogen-bond acceptors (Lipinski definition) is 5. The second kappa shape index (κ2) is 5.07. The first-order chi connectivity index (χ1) is 9.75. The molecular formula is C12H14F4O4S2. The highest BCUT2D eigenvalue weighted by Crippen LogP contribution is 2.53. The van der Waals surface area contributed by atoms with Crippen molar-refractivity contribution in [3.63, 3.8) is 0 Å². The van der Waals surface area contributed by atoms with Crippen LogP contribution in [0.2, 0.25) is 0 Å². The van der Waals surface area contributed by atoms with Gasteiger partial charge in [0.2, 0.25) is 0 Å². The minimum Gasteiger partial charge on any atom is -0.475 e. The smallest absolute Gasteiger partial charge is 0.281 e. The third-order valence-corrected chi connectivity index (χ3v) is 6.38. The van der Waals surface area contributed by atoms with Gasteiger partial charge in [0.15, 0.2) is 21.0 Å². The highest BCUT2D eigenvalue weighted by molar-refractivity contribution is 7.92. The van der Waals surface area contributed by atoms with Crippen molar-refractivity contribution in [3.8, 4) is 5.06 Å². The fourth-order valence-electron chi connectivity index (χ4n) is 2.06. The lowest BCUT2D eigenvalue weighted by molar-refractivity contribution is -0.0979. The molecule has 1 heterocycles. The lowest BCUT2D eigenvalue weighted by Crippen LogP contribution is -2.32. The summed E-state index contributed by atoms with van der Waals surface area (Å²) in [6.45, 7) is 1.65. The van der Waals surface area contributed by atoms with E-state index in [2.05, 4.69) is 0 Å². The first-order valence-corrected chi connectivity index (χ1v) is 8.92. The second-order valence-corrected chi connectivity index (χ2v) is 8.59. The van der Waals surface area contributed by atoms with Crippen LogP contribution in [0.25, 0.3) is 0 Å². The molecule has 1 N–H and O–H groups in total. The molecule has 0 radical (unpaired) electrons. The van der Waals surface area contributed by atoms with Crippen LogP contribution in [0.3, 0.4) is 0 Å². The topological polar surface area (TPSA) is 63.6 Å². The van der Waals surface area contributed by atoms with Crippen LogP contribution in [0.15, 0.2) is 4.21 Å². The van der Waals surface area contributed by atoms with Gasteiger partial charge >= 0.3 is 0 Å². The van der Waals surface area contributed by atoms with E-state index in [0.29, 0.717) is 18.3 Å². The Labute approximate surface area is 128 Å². The molecule has 22 heavy (non-hydrogen) atoms. The fourth-order valence-corrected chi connectivity index (χ4v) is 4.53. The van der Waals surface area contributed by atoms with E-state index in [1.165, 1.54) is 0 Å². The predicted molar refractivity (Wildman–Crippen MR) is 71.8 cm³/mol. The molecule has 1 aliphatic rings. The number of hydrogen-bond donors (Lipinski definition) is 1. The van der Waals surface area contributed by atoms with Crippen molar-refractivity contribution in [3.05, 3.63) is 11.1 Å². The Morgan fingerprint density at radius 3 is 2.45 bits per heavy atom. The molecule has 4 nitrogen and oxygen atoms in total. The number of ether oxygens (including phenoxy) is 1. The van der Waals surface area contributed by atoms with Gasteiger partial charge in [-0.05, 0) is 6.92 Å². The van der Waals surface area contributed by atoms with Gasteiger partial charge in [-0.15, -0.1) is 0 Å². The largest absolute Gasteiger partial charge is 0.475 e. The van der Waals surface area contributed by atoms with E-state index in [9.17, 15) is 31.1 Å². The zero-order valence-corrected chi connectivity index (χ0v) is 13.5. The van der Waals surface area contributed by atoms with Gasteiger partial charge in [0, 0.05) is 30.7 Å². The molecule has 1 aromatic rings. The third kappa shape index (κ3) is 2.95. The number of rotatable bonds is 4. The lowest BCUT2D eigenvalue weighted by atomic mass is 10.2. The summed E-state index contributed by atoms with van der Waals surface area (Å²) in [5.41, 5.74) is -0.668. The molecular weight excluding hydrogens is 348 g/mol. The summed E-state index contributed by atoms with van der Waals surface area (Å²) in [6.07, 6.45) is -4.08. The maximum atomic E-state index is 13.6. The number of alkyl halides is 4. The van der Waals surface area contributed by atoms with E-state index >= 15 is 0 Å². The van der Waals surface area contributed by atoms with Crippen molar-refractivity contribution in [1.82, 2.24) is 0 Å². The Morgan fingerprint density at radius 1 is 1.45 bits per heavy atom. The van der Waals surface area contributed by atoms with E-state index in [1.54, 1.807) is 0 Å². The standard InChI is InChI=1S/C12H14F4O4S2/c1-5(11(2,13)14)20-9-6-4-12(15,16)8(17)7(6)10(21-9)22(3,18)19/h5,8,17H,4H2,1-3H3/t5?,8-/m0/s1. The Balaban J connectivity index is 2.54. The van der Waals surface area contributed by atoms with E-state index in [-0.39, 0.29) is 10.6 Å². The SMILES string of the molecule is CC(Oc1sc(S(C)(=O)=O)c2c1CC(F)(F)[C@H]2O)C(C)(F)F. The van der Waals surface area contributed by atoms with Gasteiger partial charge < -0.3 is 9.84 Å². The molecule has 126 valence electrons. The van der Waals surface area contributed by atoms with Crippen LogP contribution in [0.5, 0.6) is 5.06 Å². The maximum absolute atomic E-state index is 13.6. The summed E-state index contributed by atoms with van der Waals surface area (Å²) in [7, 11) is -3.90. The first kappa shape index (κ1) is 17.5. The normalized spacial score (nSPS) is 22.5. The minimum absolute atomic E-state index is 0.223. The average Bonchev–Trinajstić information content (AvgIpc) is 2.75. The molecule has 10 heteroatoms. The van der Waals surface area contributed by atoms with Crippen LogP contribution < -0.4 is 4.74 Å². The number of thiophene rings is 1. The molecule has 0 amide bonds. The Bertz CT molecular complexity index is 691.